The molecule has 1 aliphatic rings. The molecule has 76 valence electrons. The van der Waals surface area contributed by atoms with Crippen molar-refractivity contribution >= 4 is 5.91 Å². The fourth-order valence-electron chi connectivity index (χ4n) is 0.786. The Balaban J connectivity index is 2.03. The van der Waals surface area contributed by atoms with Crippen LogP contribution in [0.25, 0.3) is 0 Å². The van der Waals surface area contributed by atoms with Gasteiger partial charge in [0.2, 0.25) is 5.91 Å². The number of alkyl halides is 3. The zero-order valence-corrected chi connectivity index (χ0v) is 6.95. The summed E-state index contributed by atoms with van der Waals surface area (Å²) in [5.41, 5.74) is 0. The third-order valence-corrected chi connectivity index (χ3v) is 1.61. The molecule has 1 rings (SSSR count). The average molecular weight is 196 g/mol. The van der Waals surface area contributed by atoms with Crippen molar-refractivity contribution in [1.82, 2.24) is 10.6 Å². The topological polar surface area (TPSA) is 41.1 Å². The van der Waals surface area contributed by atoms with Crippen LogP contribution in [0.3, 0.4) is 0 Å². The van der Waals surface area contributed by atoms with Gasteiger partial charge in [0.05, 0.1) is 6.54 Å². The molecule has 1 saturated carbocycles. The largest absolute Gasteiger partial charge is 0.405 e. The number of carbonyl (C=O) groups excluding carboxylic acids is 1. The van der Waals surface area contributed by atoms with Gasteiger partial charge in [0, 0.05) is 6.04 Å². The van der Waals surface area contributed by atoms with Gasteiger partial charge in [-0.25, -0.2) is 0 Å². The number of hydrogen-bond acceptors (Lipinski definition) is 2. The summed E-state index contributed by atoms with van der Waals surface area (Å²) in [6, 6.07) is 0.330. The summed E-state index contributed by atoms with van der Waals surface area (Å²) in [7, 11) is 0. The molecule has 1 aliphatic carbocycles. The van der Waals surface area contributed by atoms with E-state index in [0.717, 1.165) is 12.8 Å². The Morgan fingerprint density at radius 2 is 2.00 bits per heavy atom. The molecule has 0 spiro atoms. The number of rotatable bonds is 4. The van der Waals surface area contributed by atoms with E-state index in [4.69, 9.17) is 0 Å². The average Bonchev–Trinajstić information content (AvgIpc) is 2.78. The van der Waals surface area contributed by atoms with Crippen LogP contribution in [0.2, 0.25) is 0 Å². The first-order valence-electron chi connectivity index (χ1n) is 4.04. The highest BCUT2D eigenvalue weighted by Crippen LogP contribution is 2.18. The van der Waals surface area contributed by atoms with Crippen LogP contribution in [0.1, 0.15) is 12.8 Å². The molecule has 0 bridgehead atoms. The predicted molar refractivity (Wildman–Crippen MR) is 40.1 cm³/mol. The van der Waals surface area contributed by atoms with Crippen LogP contribution in [0.15, 0.2) is 0 Å². The van der Waals surface area contributed by atoms with Crippen LogP contribution < -0.4 is 10.6 Å². The van der Waals surface area contributed by atoms with E-state index in [-0.39, 0.29) is 6.54 Å². The van der Waals surface area contributed by atoms with Gasteiger partial charge in [0.25, 0.3) is 0 Å². The summed E-state index contributed by atoms with van der Waals surface area (Å²) in [4.78, 5) is 10.7. The molecule has 6 heteroatoms. The second-order valence-electron chi connectivity index (χ2n) is 3.05. The van der Waals surface area contributed by atoms with E-state index in [1.54, 1.807) is 5.32 Å². The Morgan fingerprint density at radius 3 is 2.46 bits per heavy atom. The quantitative estimate of drug-likeness (QED) is 0.684. The second-order valence-corrected chi connectivity index (χ2v) is 3.05. The molecular formula is C7H11F3N2O. The standard InChI is InChI=1S/C7H11F3N2O/c8-7(9,10)4-12-6(13)3-11-5-1-2-5/h5,11H,1-4H2,(H,12,13). The van der Waals surface area contributed by atoms with Crippen LogP contribution >= 0.6 is 0 Å². The van der Waals surface area contributed by atoms with Gasteiger partial charge in [0.1, 0.15) is 6.54 Å². The number of halogens is 3. The Labute approximate surface area is 73.7 Å². The van der Waals surface area contributed by atoms with E-state index < -0.39 is 18.6 Å². The van der Waals surface area contributed by atoms with E-state index >= 15 is 0 Å². The summed E-state index contributed by atoms with van der Waals surface area (Å²) >= 11 is 0. The monoisotopic (exact) mass is 196 g/mol. The first-order valence-corrected chi connectivity index (χ1v) is 4.04. The maximum absolute atomic E-state index is 11.6. The first kappa shape index (κ1) is 10.3. The minimum Gasteiger partial charge on any atom is -0.346 e. The summed E-state index contributed by atoms with van der Waals surface area (Å²) < 4.78 is 34.8. The lowest BCUT2D eigenvalue weighted by molar-refractivity contribution is -0.137. The second kappa shape index (κ2) is 3.95. The maximum atomic E-state index is 11.6. The van der Waals surface area contributed by atoms with E-state index in [1.807, 2.05) is 0 Å². The molecule has 0 unspecified atom stereocenters. The fraction of sp³-hybridized carbons (Fsp3) is 0.857. The smallest absolute Gasteiger partial charge is 0.346 e. The van der Waals surface area contributed by atoms with E-state index in [9.17, 15) is 18.0 Å². The van der Waals surface area contributed by atoms with Crippen LogP contribution in [0.5, 0.6) is 0 Å². The van der Waals surface area contributed by atoms with Crippen molar-refractivity contribution in [3.63, 3.8) is 0 Å². The minimum absolute atomic E-state index is 0.0270. The molecule has 13 heavy (non-hydrogen) atoms. The van der Waals surface area contributed by atoms with Gasteiger partial charge in [0.15, 0.2) is 0 Å². The van der Waals surface area contributed by atoms with Crippen molar-refractivity contribution in [1.29, 1.82) is 0 Å². The molecule has 0 aromatic heterocycles. The van der Waals surface area contributed by atoms with Crippen molar-refractivity contribution in [3.8, 4) is 0 Å². The number of nitrogens with one attached hydrogen (secondary N) is 2. The molecule has 3 nitrogen and oxygen atoms in total. The molecule has 0 aromatic rings. The highest BCUT2D eigenvalue weighted by molar-refractivity contribution is 5.78. The van der Waals surface area contributed by atoms with Crippen molar-refractivity contribution < 1.29 is 18.0 Å². The third kappa shape index (κ3) is 5.46. The van der Waals surface area contributed by atoms with Crippen molar-refractivity contribution in [2.24, 2.45) is 0 Å². The van der Waals surface area contributed by atoms with Gasteiger partial charge >= 0.3 is 6.18 Å². The summed E-state index contributed by atoms with van der Waals surface area (Å²) in [5, 5.41) is 4.59. The minimum atomic E-state index is -4.32. The van der Waals surface area contributed by atoms with Crippen LogP contribution in [-0.2, 0) is 4.79 Å². The van der Waals surface area contributed by atoms with Crippen molar-refractivity contribution in [2.75, 3.05) is 13.1 Å². The van der Waals surface area contributed by atoms with Gasteiger partial charge < -0.3 is 10.6 Å². The SMILES string of the molecule is O=C(CNC1CC1)NCC(F)(F)F. The van der Waals surface area contributed by atoms with E-state index in [0.29, 0.717) is 6.04 Å². The zero-order valence-electron chi connectivity index (χ0n) is 6.95. The van der Waals surface area contributed by atoms with Crippen LogP contribution in [0.4, 0.5) is 13.2 Å². The number of carbonyl (C=O) groups is 1. The van der Waals surface area contributed by atoms with E-state index in [1.165, 1.54) is 0 Å². The molecule has 0 atom stereocenters. The predicted octanol–water partition coefficient (Wildman–Crippen LogP) is 0.417. The fourth-order valence-corrected chi connectivity index (χ4v) is 0.786. The molecule has 2 N–H and O–H groups in total. The first-order chi connectivity index (χ1) is 5.97. The number of hydrogen-bond donors (Lipinski definition) is 2. The molecule has 1 amide bonds. The lowest BCUT2D eigenvalue weighted by Crippen LogP contribution is -2.39. The molecule has 0 heterocycles. The summed E-state index contributed by atoms with van der Waals surface area (Å²) in [6.45, 7) is -1.28. The molecule has 0 aliphatic heterocycles. The van der Waals surface area contributed by atoms with Crippen LogP contribution in [0, 0.1) is 0 Å². The Hall–Kier alpha value is -0.780. The normalized spacial score (nSPS) is 17.2. The zero-order chi connectivity index (χ0) is 9.90. The van der Waals surface area contributed by atoms with Gasteiger partial charge in [-0.05, 0) is 12.8 Å². The highest BCUT2D eigenvalue weighted by Gasteiger charge is 2.28. The molecular weight excluding hydrogens is 185 g/mol. The summed E-state index contributed by atoms with van der Waals surface area (Å²) in [6.07, 6.45) is -2.31. The molecule has 0 aromatic carbocycles. The Bertz CT molecular complexity index is 189. The van der Waals surface area contributed by atoms with E-state index in [2.05, 4.69) is 5.32 Å². The van der Waals surface area contributed by atoms with Crippen molar-refractivity contribution in [2.45, 2.75) is 25.1 Å². The lowest BCUT2D eigenvalue weighted by atomic mass is 10.5. The lowest BCUT2D eigenvalue weighted by Gasteiger charge is -2.08. The van der Waals surface area contributed by atoms with Gasteiger partial charge in [-0.1, -0.05) is 0 Å². The maximum Gasteiger partial charge on any atom is 0.405 e. The van der Waals surface area contributed by atoms with Crippen molar-refractivity contribution in [3.05, 3.63) is 0 Å². The Morgan fingerprint density at radius 1 is 1.38 bits per heavy atom. The van der Waals surface area contributed by atoms with Gasteiger partial charge in [-0.15, -0.1) is 0 Å². The third-order valence-electron chi connectivity index (χ3n) is 1.61. The number of amides is 1. The molecule has 0 radical (unpaired) electrons. The molecule has 1 fully saturated rings. The summed E-state index contributed by atoms with van der Waals surface area (Å²) in [5.74, 6) is -0.607. The highest BCUT2D eigenvalue weighted by atomic mass is 19.4. The Kier molecular flexibility index (Phi) is 3.13. The molecule has 0 saturated heterocycles. The van der Waals surface area contributed by atoms with Gasteiger partial charge in [-0.2, -0.15) is 13.2 Å². The van der Waals surface area contributed by atoms with Gasteiger partial charge in [-0.3, -0.25) is 4.79 Å². The van der Waals surface area contributed by atoms with Crippen LogP contribution in [-0.4, -0.2) is 31.2 Å².